The Labute approximate surface area is 194 Å². The van der Waals surface area contributed by atoms with Crippen LogP contribution in [0.1, 0.15) is 19.4 Å². The van der Waals surface area contributed by atoms with E-state index in [4.69, 9.17) is 9.47 Å². The Morgan fingerprint density at radius 1 is 1.03 bits per heavy atom. The monoisotopic (exact) mass is 466 g/mol. The molecule has 0 saturated carbocycles. The summed E-state index contributed by atoms with van der Waals surface area (Å²) < 4.78 is 39.2. The Kier molecular flexibility index (Phi) is 6.67. The van der Waals surface area contributed by atoms with E-state index in [2.05, 4.69) is 5.32 Å². The third-order valence-electron chi connectivity index (χ3n) is 5.46. The van der Waals surface area contributed by atoms with Crippen molar-refractivity contribution >= 4 is 21.6 Å². The first kappa shape index (κ1) is 22.8. The Hall–Kier alpha value is -3.36. The minimum absolute atomic E-state index is 0.0811. The molecule has 0 bridgehead atoms. The fourth-order valence-corrected chi connectivity index (χ4v) is 5.21. The van der Waals surface area contributed by atoms with Crippen molar-refractivity contribution in [2.45, 2.75) is 31.3 Å². The summed E-state index contributed by atoms with van der Waals surface area (Å²) in [7, 11) is -3.72. The predicted molar refractivity (Wildman–Crippen MR) is 126 cm³/mol. The van der Waals surface area contributed by atoms with Crippen molar-refractivity contribution in [3.8, 4) is 17.2 Å². The quantitative estimate of drug-likeness (QED) is 0.530. The number of nitrogens with zero attached hydrogens (tertiary/aromatic N) is 1. The van der Waals surface area contributed by atoms with Gasteiger partial charge in [0.15, 0.2) is 11.9 Å². The van der Waals surface area contributed by atoms with Crippen LogP contribution in [0, 0.1) is 0 Å². The lowest BCUT2D eigenvalue weighted by Crippen LogP contribution is -2.32. The lowest BCUT2D eigenvalue weighted by atomic mass is 10.1. The van der Waals surface area contributed by atoms with Crippen LogP contribution in [0.2, 0.25) is 0 Å². The number of sulfonamides is 1. The number of ether oxygens (including phenoxy) is 2. The number of benzene rings is 3. The highest BCUT2D eigenvalue weighted by Crippen LogP contribution is 2.34. The molecule has 3 aromatic rings. The highest BCUT2D eigenvalue weighted by molar-refractivity contribution is 7.89. The Morgan fingerprint density at radius 3 is 2.42 bits per heavy atom. The van der Waals surface area contributed by atoms with Gasteiger partial charge in [0.25, 0.3) is 5.91 Å². The summed E-state index contributed by atoms with van der Waals surface area (Å²) in [5.41, 5.74) is 1.22. The average molecular weight is 467 g/mol. The Balaban J connectivity index is 1.65. The zero-order valence-corrected chi connectivity index (χ0v) is 19.3. The third kappa shape index (κ3) is 4.86. The molecule has 1 aliphatic heterocycles. The molecule has 1 amide bonds. The zero-order chi connectivity index (χ0) is 23.4. The molecule has 7 nitrogen and oxygen atoms in total. The van der Waals surface area contributed by atoms with Gasteiger partial charge < -0.3 is 14.8 Å². The van der Waals surface area contributed by atoms with Crippen LogP contribution in [0.3, 0.4) is 0 Å². The molecule has 1 N–H and O–H groups in total. The molecule has 1 atom stereocenters. The van der Waals surface area contributed by atoms with Crippen molar-refractivity contribution in [1.82, 2.24) is 4.31 Å². The van der Waals surface area contributed by atoms with E-state index in [0.717, 1.165) is 5.56 Å². The lowest BCUT2D eigenvalue weighted by molar-refractivity contribution is -0.122. The van der Waals surface area contributed by atoms with Gasteiger partial charge in [-0.15, -0.1) is 0 Å². The van der Waals surface area contributed by atoms with Crippen LogP contribution in [-0.4, -0.2) is 37.8 Å². The summed E-state index contributed by atoms with van der Waals surface area (Å²) in [4.78, 5) is 13.1. The maximum atomic E-state index is 13.1. The summed E-state index contributed by atoms with van der Waals surface area (Å²) in [5, 5.41) is 2.82. The van der Waals surface area contributed by atoms with E-state index in [0.29, 0.717) is 36.8 Å². The maximum Gasteiger partial charge on any atom is 0.265 e. The van der Waals surface area contributed by atoms with E-state index in [1.807, 2.05) is 42.5 Å². The van der Waals surface area contributed by atoms with Gasteiger partial charge in [0.1, 0.15) is 11.5 Å². The molecule has 4 rings (SSSR count). The van der Waals surface area contributed by atoms with Gasteiger partial charge in [-0.25, -0.2) is 8.42 Å². The lowest BCUT2D eigenvalue weighted by Gasteiger charge is -2.20. The highest BCUT2D eigenvalue weighted by atomic mass is 32.2. The molecule has 172 valence electrons. The van der Waals surface area contributed by atoms with Gasteiger partial charge in [0, 0.05) is 19.5 Å². The van der Waals surface area contributed by atoms with Crippen molar-refractivity contribution < 1.29 is 22.7 Å². The molecule has 0 fully saturated rings. The van der Waals surface area contributed by atoms with Crippen LogP contribution >= 0.6 is 0 Å². The van der Waals surface area contributed by atoms with Crippen LogP contribution in [0.15, 0.2) is 77.7 Å². The number of nitrogens with one attached hydrogen (secondary N) is 1. The smallest absolute Gasteiger partial charge is 0.265 e. The zero-order valence-electron chi connectivity index (χ0n) is 18.5. The number of rotatable bonds is 8. The van der Waals surface area contributed by atoms with Crippen LogP contribution < -0.4 is 14.8 Å². The van der Waals surface area contributed by atoms with Gasteiger partial charge in [-0.3, -0.25) is 4.79 Å². The molecule has 33 heavy (non-hydrogen) atoms. The van der Waals surface area contributed by atoms with Crippen molar-refractivity contribution in [2.75, 3.05) is 18.4 Å². The predicted octanol–water partition coefficient (Wildman–Crippen LogP) is 4.45. The molecule has 0 spiro atoms. The van der Waals surface area contributed by atoms with Crippen molar-refractivity contribution in [3.63, 3.8) is 0 Å². The van der Waals surface area contributed by atoms with Gasteiger partial charge in [-0.2, -0.15) is 4.31 Å². The minimum Gasteiger partial charge on any atom is -0.480 e. The molecule has 3 aromatic carbocycles. The van der Waals surface area contributed by atoms with Crippen LogP contribution in [-0.2, 0) is 21.2 Å². The standard InChI is InChI=1S/C25H26N2O5S/c1-3-27(4-2)33(29,30)20-14-15-23(31-19-11-6-5-7-12-19)21(17-20)26-25(28)24-16-18-10-8-9-13-22(18)32-24/h5-15,17,24H,3-4,16H2,1-2H3,(H,26,28). The summed E-state index contributed by atoms with van der Waals surface area (Å²) in [6.07, 6.45) is -0.274. The van der Waals surface area contributed by atoms with Gasteiger partial charge in [-0.05, 0) is 42.0 Å². The molecule has 8 heteroatoms. The van der Waals surface area contributed by atoms with Crippen LogP contribution in [0.25, 0.3) is 0 Å². The second kappa shape index (κ2) is 9.64. The van der Waals surface area contributed by atoms with Crippen molar-refractivity contribution in [1.29, 1.82) is 0 Å². The molecule has 0 aromatic heterocycles. The number of para-hydroxylation sites is 2. The number of hydrogen-bond donors (Lipinski definition) is 1. The average Bonchev–Trinajstić information content (AvgIpc) is 3.26. The normalized spacial score (nSPS) is 15.1. The number of hydrogen-bond acceptors (Lipinski definition) is 5. The Bertz CT molecular complexity index is 1220. The van der Waals surface area contributed by atoms with Gasteiger partial charge in [0.2, 0.25) is 10.0 Å². The second-order valence-corrected chi connectivity index (χ2v) is 9.51. The first-order valence-corrected chi connectivity index (χ1v) is 12.3. The molecule has 0 radical (unpaired) electrons. The molecular weight excluding hydrogens is 440 g/mol. The molecule has 1 unspecified atom stereocenters. The van der Waals surface area contributed by atoms with E-state index in [9.17, 15) is 13.2 Å². The molecular formula is C25H26N2O5S. The second-order valence-electron chi connectivity index (χ2n) is 7.57. The van der Waals surface area contributed by atoms with E-state index in [1.165, 1.54) is 16.4 Å². The Morgan fingerprint density at radius 2 is 1.73 bits per heavy atom. The fraction of sp³-hybridized carbons (Fsp3) is 0.240. The molecule has 1 heterocycles. The highest BCUT2D eigenvalue weighted by Gasteiger charge is 2.30. The summed E-state index contributed by atoms with van der Waals surface area (Å²) in [6.45, 7) is 4.26. The molecule has 1 aliphatic rings. The minimum atomic E-state index is -3.72. The fourth-order valence-electron chi connectivity index (χ4n) is 3.73. The molecule has 0 saturated heterocycles. The third-order valence-corrected chi connectivity index (χ3v) is 7.51. The summed E-state index contributed by atoms with van der Waals surface area (Å²) >= 11 is 0. The van der Waals surface area contributed by atoms with Crippen molar-refractivity contribution in [2.24, 2.45) is 0 Å². The van der Waals surface area contributed by atoms with Crippen LogP contribution in [0.4, 0.5) is 5.69 Å². The topological polar surface area (TPSA) is 84.9 Å². The van der Waals surface area contributed by atoms with Gasteiger partial charge in [0.05, 0.1) is 10.6 Å². The van der Waals surface area contributed by atoms with E-state index in [-0.39, 0.29) is 16.5 Å². The largest absolute Gasteiger partial charge is 0.480 e. The number of carbonyl (C=O) groups excluding carboxylic acids is 1. The van der Waals surface area contributed by atoms with Gasteiger partial charge in [-0.1, -0.05) is 50.2 Å². The number of fused-ring (bicyclic) bond motifs is 1. The van der Waals surface area contributed by atoms with E-state index in [1.54, 1.807) is 32.0 Å². The summed E-state index contributed by atoms with van der Waals surface area (Å²) in [6, 6.07) is 21.1. The van der Waals surface area contributed by atoms with E-state index < -0.39 is 16.1 Å². The molecule has 0 aliphatic carbocycles. The van der Waals surface area contributed by atoms with Crippen LogP contribution in [0.5, 0.6) is 17.2 Å². The number of amides is 1. The maximum absolute atomic E-state index is 13.1. The first-order valence-electron chi connectivity index (χ1n) is 10.8. The van der Waals surface area contributed by atoms with Gasteiger partial charge >= 0.3 is 0 Å². The van der Waals surface area contributed by atoms with E-state index >= 15 is 0 Å². The van der Waals surface area contributed by atoms with Crippen molar-refractivity contribution in [3.05, 3.63) is 78.4 Å². The summed E-state index contributed by atoms with van der Waals surface area (Å²) in [5.74, 6) is 1.21. The number of anilines is 1. The number of carbonyl (C=O) groups is 1. The SMILES string of the molecule is CCN(CC)S(=O)(=O)c1ccc(Oc2ccccc2)c(NC(=O)C2Cc3ccccc3O2)c1. The first-order chi connectivity index (χ1) is 15.9.